The van der Waals surface area contributed by atoms with E-state index in [-0.39, 0.29) is 24.3 Å². The molecule has 0 saturated heterocycles. The van der Waals surface area contributed by atoms with E-state index in [1.807, 2.05) is 0 Å². The molecule has 138 valence electrons. The van der Waals surface area contributed by atoms with E-state index in [0.29, 0.717) is 0 Å². The van der Waals surface area contributed by atoms with E-state index in [1.54, 1.807) is 0 Å². The first-order valence-corrected chi connectivity index (χ1v) is 5.43. The second-order valence-corrected chi connectivity index (χ2v) is 4.06. The lowest BCUT2D eigenvalue weighted by Gasteiger charge is -2.31. The molecule has 0 aromatic heterocycles. The molecule has 0 aliphatic heterocycles. The third-order valence-corrected chi connectivity index (χ3v) is 2.38. The van der Waals surface area contributed by atoms with E-state index >= 15 is 0 Å². The third-order valence-electron chi connectivity index (χ3n) is 2.38. The van der Waals surface area contributed by atoms with Crippen molar-refractivity contribution in [2.75, 3.05) is 9.80 Å². The Balaban J connectivity index is 3.34. The predicted molar refractivity (Wildman–Crippen MR) is 55.6 cm³/mol. The lowest BCUT2D eigenvalue weighted by atomic mass is 10.2. The Morgan fingerprint density at radius 3 is 0.708 bits per heavy atom. The largest absolute Gasteiger partial charge is 0.491 e. The van der Waals surface area contributed by atoms with E-state index in [4.69, 9.17) is 0 Å². The van der Waals surface area contributed by atoms with Gasteiger partial charge in [-0.25, -0.2) is 0 Å². The first-order valence-electron chi connectivity index (χ1n) is 5.43. The van der Waals surface area contributed by atoms with Crippen molar-refractivity contribution in [2.24, 2.45) is 0 Å². The van der Waals surface area contributed by atoms with Crippen LogP contribution >= 0.6 is 0 Å². The zero-order valence-electron chi connectivity index (χ0n) is 10.7. The van der Waals surface area contributed by atoms with Gasteiger partial charge in [0, 0.05) is 0 Å². The lowest BCUT2D eigenvalue weighted by Crippen LogP contribution is -2.49. The van der Waals surface area contributed by atoms with Crippen molar-refractivity contribution in [1.29, 1.82) is 0 Å². The van der Waals surface area contributed by atoms with Crippen LogP contribution in [0.1, 0.15) is 0 Å². The Morgan fingerprint density at radius 1 is 0.417 bits per heavy atom. The van der Waals surface area contributed by atoms with Crippen LogP contribution in [0, 0.1) is 0 Å². The summed E-state index contributed by atoms with van der Waals surface area (Å²) in [5.41, 5.74) is -3.41. The van der Waals surface area contributed by atoms with Gasteiger partial charge in [-0.1, -0.05) is 0 Å². The van der Waals surface area contributed by atoms with Crippen molar-refractivity contribution >= 4 is 11.4 Å². The van der Waals surface area contributed by atoms with Crippen LogP contribution in [-0.4, -0.2) is 25.2 Å². The van der Waals surface area contributed by atoms with Gasteiger partial charge in [0.1, 0.15) is 0 Å². The van der Waals surface area contributed by atoms with E-state index < -0.39 is 46.4 Å². The van der Waals surface area contributed by atoms with Crippen LogP contribution in [0.15, 0.2) is 24.3 Å². The molecule has 0 spiro atoms. The first kappa shape index (κ1) is 20.0. The molecule has 2 nitrogen and oxygen atoms in total. The summed E-state index contributed by atoms with van der Waals surface area (Å²) in [6, 6.07) is -0.664. The zero-order valence-corrected chi connectivity index (χ0v) is 10.7. The number of benzene rings is 1. The fraction of sp³-hybridized carbons (Fsp3) is 0.400. The number of anilines is 2. The number of nitrogens with zero attached hydrogens (tertiary/aromatic N) is 2. The van der Waals surface area contributed by atoms with Crippen molar-refractivity contribution in [3.8, 4) is 0 Å². The summed E-state index contributed by atoms with van der Waals surface area (Å²) >= 11 is 0. The van der Waals surface area contributed by atoms with E-state index in [2.05, 4.69) is 0 Å². The second-order valence-electron chi connectivity index (χ2n) is 4.06. The highest BCUT2D eigenvalue weighted by Gasteiger charge is 2.55. The summed E-state index contributed by atoms with van der Waals surface area (Å²) in [4.78, 5) is -4.12. The van der Waals surface area contributed by atoms with Crippen LogP contribution in [0.25, 0.3) is 0 Å². The third kappa shape index (κ3) is 4.50. The minimum atomic E-state index is -5.99. The predicted octanol–water partition coefficient (Wildman–Crippen LogP) is 5.38. The quantitative estimate of drug-likeness (QED) is 0.502. The Kier molecular flexibility index (Phi) is 4.84. The molecule has 0 N–H and O–H groups in total. The van der Waals surface area contributed by atoms with Crippen molar-refractivity contribution < 1.29 is 52.7 Å². The van der Waals surface area contributed by atoms with E-state index in [9.17, 15) is 52.7 Å². The van der Waals surface area contributed by atoms with Crippen molar-refractivity contribution in [3.63, 3.8) is 0 Å². The van der Waals surface area contributed by atoms with Gasteiger partial charge in [-0.05, 0) is 24.3 Å². The summed E-state index contributed by atoms with van der Waals surface area (Å²) in [6.07, 6.45) is -24.0. The van der Waals surface area contributed by atoms with Crippen LogP contribution in [0.5, 0.6) is 0 Å². The first-order chi connectivity index (χ1) is 10.5. The Hall–Kier alpha value is -2.02. The molecule has 0 unspecified atom stereocenters. The van der Waals surface area contributed by atoms with Gasteiger partial charge in [-0.2, -0.15) is 9.80 Å². The van der Waals surface area contributed by atoms with Gasteiger partial charge in [0.05, 0.1) is 11.4 Å². The molecule has 1 aromatic carbocycles. The fourth-order valence-electron chi connectivity index (χ4n) is 1.62. The Morgan fingerprint density at radius 2 is 0.583 bits per heavy atom. The van der Waals surface area contributed by atoms with Gasteiger partial charge in [-0.15, -0.1) is 52.7 Å². The highest BCUT2D eigenvalue weighted by molar-refractivity contribution is 5.58. The van der Waals surface area contributed by atoms with Gasteiger partial charge < -0.3 is 0 Å². The molecule has 0 heterocycles. The molecule has 14 heteroatoms. The highest BCUT2D eigenvalue weighted by atomic mass is 19.4. The SMILES string of the molecule is FC(F)(F)N(c1ccc(N(C(F)(F)F)C(F)(F)F)cc1)C(F)(F)F. The van der Waals surface area contributed by atoms with Crippen molar-refractivity contribution in [1.82, 2.24) is 0 Å². The number of rotatable bonds is 2. The van der Waals surface area contributed by atoms with Gasteiger partial charge in [0.25, 0.3) is 0 Å². The average molecular weight is 380 g/mol. The number of alkyl halides is 12. The summed E-state index contributed by atoms with van der Waals surface area (Å²) in [5.74, 6) is 0. The average Bonchev–Trinajstić information content (AvgIpc) is 2.23. The van der Waals surface area contributed by atoms with Gasteiger partial charge in [0.2, 0.25) is 0 Å². The highest BCUT2D eigenvalue weighted by Crippen LogP contribution is 2.42. The van der Waals surface area contributed by atoms with Crippen LogP contribution < -0.4 is 9.80 Å². The summed E-state index contributed by atoms with van der Waals surface area (Å²) in [6.45, 7) is 0. The lowest BCUT2D eigenvalue weighted by molar-refractivity contribution is -0.229. The molecule has 0 atom stereocenters. The molecular weight excluding hydrogens is 376 g/mol. The second kappa shape index (κ2) is 5.81. The van der Waals surface area contributed by atoms with Crippen LogP contribution in [0.4, 0.5) is 64.1 Å². The molecule has 1 rings (SSSR count). The monoisotopic (exact) mass is 380 g/mol. The Bertz CT molecular complexity index is 471. The number of hydrogen-bond acceptors (Lipinski definition) is 2. The molecule has 0 fully saturated rings. The summed E-state index contributed by atoms with van der Waals surface area (Å²) < 4.78 is 148. The molecule has 0 radical (unpaired) electrons. The zero-order chi connectivity index (χ0) is 19.1. The van der Waals surface area contributed by atoms with E-state index in [1.165, 1.54) is 0 Å². The van der Waals surface area contributed by atoms with E-state index in [0.717, 1.165) is 0 Å². The van der Waals surface area contributed by atoms with Crippen LogP contribution in [-0.2, 0) is 0 Å². The van der Waals surface area contributed by atoms with Crippen molar-refractivity contribution in [3.05, 3.63) is 24.3 Å². The molecule has 0 aliphatic carbocycles. The fourth-order valence-corrected chi connectivity index (χ4v) is 1.62. The van der Waals surface area contributed by atoms with Gasteiger partial charge in [0.15, 0.2) is 0 Å². The smallest absolute Gasteiger partial charge is 0.194 e. The maximum absolute atomic E-state index is 12.4. The maximum Gasteiger partial charge on any atom is 0.491 e. The normalized spacial score (nSPS) is 13.8. The Labute approximate surface area is 124 Å². The summed E-state index contributed by atoms with van der Waals surface area (Å²) in [5, 5.41) is 0. The molecular formula is C10H4F12N2. The molecule has 0 bridgehead atoms. The van der Waals surface area contributed by atoms with Gasteiger partial charge in [-0.3, -0.25) is 0 Å². The molecule has 1 aromatic rings. The van der Waals surface area contributed by atoms with Crippen LogP contribution in [0.2, 0.25) is 0 Å². The molecule has 0 aliphatic rings. The molecule has 0 saturated carbocycles. The number of halogens is 12. The topological polar surface area (TPSA) is 6.48 Å². The van der Waals surface area contributed by atoms with Crippen molar-refractivity contribution in [2.45, 2.75) is 25.2 Å². The number of hydrogen-bond donors (Lipinski definition) is 0. The standard InChI is InChI=1S/C10H4F12N2/c11-7(12,13)23(8(14,15)16)5-1-2-6(4-3-5)24(9(17,18)19)10(20,21)22/h1-4H. The van der Waals surface area contributed by atoms with Crippen LogP contribution in [0.3, 0.4) is 0 Å². The van der Waals surface area contributed by atoms with Gasteiger partial charge >= 0.3 is 25.2 Å². The maximum atomic E-state index is 12.4. The molecule has 24 heavy (non-hydrogen) atoms. The summed E-state index contributed by atoms with van der Waals surface area (Å²) in [7, 11) is 0. The minimum absolute atomic E-state index is 0.166. The minimum Gasteiger partial charge on any atom is -0.194 e. The molecule has 0 amide bonds.